The van der Waals surface area contributed by atoms with Crippen LogP contribution in [-0.2, 0) is 24.1 Å². The van der Waals surface area contributed by atoms with Crippen molar-refractivity contribution >= 4 is 28.8 Å². The molecule has 0 fully saturated rings. The standard InChI is InChI=1S/C42H45NO3/c1-29(2)25-31-17-21-35(22-18-31)43(5,36-23-19-32(20-24-36)26-30(3)4)37-13-9-12-34(27-37)42(46)40-28-33(11-10-16-41(44)45)38-14-7-6-8-15-39(38)40/h6-9,12-15,17-24,27-30H,10-11,16,25-26H2,1-5H3/p+1. The Morgan fingerprint density at radius 3 is 1.76 bits per heavy atom. The van der Waals surface area contributed by atoms with Crippen LogP contribution in [0.4, 0.5) is 17.1 Å². The summed E-state index contributed by atoms with van der Waals surface area (Å²) in [5, 5.41) is 9.18. The van der Waals surface area contributed by atoms with Gasteiger partial charge in [0.2, 0.25) is 0 Å². The minimum atomic E-state index is -0.806. The van der Waals surface area contributed by atoms with Crippen molar-refractivity contribution in [1.29, 1.82) is 0 Å². The second-order valence-corrected chi connectivity index (χ2v) is 13.5. The van der Waals surface area contributed by atoms with Crippen LogP contribution < -0.4 is 4.48 Å². The summed E-state index contributed by atoms with van der Waals surface area (Å²) in [7, 11) is 2.21. The molecule has 2 aliphatic carbocycles. The fourth-order valence-corrected chi connectivity index (χ4v) is 6.55. The SMILES string of the molecule is CC(C)Cc1ccc([N+](C)(c2ccc(CC(C)C)cc2)c2cccc(C(=O)c3cc(CCCC(=O)O)c4cccccc3-4)c2)cc1. The maximum atomic E-state index is 14.3. The Morgan fingerprint density at radius 1 is 0.652 bits per heavy atom. The number of aryl methyl sites for hydroxylation is 1. The summed E-state index contributed by atoms with van der Waals surface area (Å²) >= 11 is 0. The zero-order valence-corrected chi connectivity index (χ0v) is 27.8. The van der Waals surface area contributed by atoms with Crippen molar-refractivity contribution in [3.8, 4) is 11.1 Å². The number of carboxylic acid groups (broad SMARTS) is 1. The second kappa shape index (κ2) is 14.3. The first-order chi connectivity index (χ1) is 22.1. The zero-order chi connectivity index (χ0) is 32.8. The third-order valence-corrected chi connectivity index (χ3v) is 8.89. The number of carbonyl (C=O) groups excluding carboxylic acids is 1. The molecule has 236 valence electrons. The van der Waals surface area contributed by atoms with Gasteiger partial charge >= 0.3 is 5.97 Å². The second-order valence-electron chi connectivity index (χ2n) is 13.5. The molecule has 0 amide bonds. The molecule has 0 saturated carbocycles. The van der Waals surface area contributed by atoms with Crippen LogP contribution in [0.1, 0.15) is 73.1 Å². The number of rotatable bonds is 13. The molecule has 3 aromatic rings. The van der Waals surface area contributed by atoms with Gasteiger partial charge in [-0.25, -0.2) is 4.48 Å². The quantitative estimate of drug-likeness (QED) is 0.106. The number of hydrogen-bond acceptors (Lipinski definition) is 2. The highest BCUT2D eigenvalue weighted by Crippen LogP contribution is 2.43. The van der Waals surface area contributed by atoms with Crippen molar-refractivity contribution in [2.45, 2.75) is 59.8 Å². The van der Waals surface area contributed by atoms with Crippen molar-refractivity contribution in [2.24, 2.45) is 11.8 Å². The van der Waals surface area contributed by atoms with E-state index in [1.165, 1.54) is 11.1 Å². The number of aliphatic carboxylic acids is 1. The summed E-state index contributed by atoms with van der Waals surface area (Å²) in [5.41, 5.74) is 10.1. The van der Waals surface area contributed by atoms with Gasteiger partial charge in [0.15, 0.2) is 5.78 Å². The van der Waals surface area contributed by atoms with E-state index in [4.69, 9.17) is 0 Å². The maximum Gasteiger partial charge on any atom is 0.303 e. The lowest BCUT2D eigenvalue weighted by Gasteiger charge is -2.34. The summed E-state index contributed by atoms with van der Waals surface area (Å²) in [4.78, 5) is 25.5. The molecule has 4 heteroatoms. The van der Waals surface area contributed by atoms with E-state index < -0.39 is 5.97 Å². The van der Waals surface area contributed by atoms with Gasteiger partial charge in [0.05, 0.1) is 7.05 Å². The monoisotopic (exact) mass is 612 g/mol. The Hall–Kier alpha value is -4.54. The van der Waals surface area contributed by atoms with E-state index in [9.17, 15) is 14.7 Å². The van der Waals surface area contributed by atoms with E-state index >= 15 is 0 Å². The molecule has 0 spiro atoms. The summed E-state index contributed by atoms with van der Waals surface area (Å²) < 4.78 is 0.419. The number of nitrogens with zero attached hydrogens (tertiary/aromatic N) is 1. The fraction of sp³-hybridized carbons (Fsp3) is 0.286. The minimum absolute atomic E-state index is 0.0337. The third-order valence-electron chi connectivity index (χ3n) is 8.89. The normalized spacial score (nSPS) is 11.8. The fourth-order valence-electron chi connectivity index (χ4n) is 6.55. The predicted molar refractivity (Wildman–Crippen MR) is 191 cm³/mol. The number of fused-ring (bicyclic) bond motifs is 1. The number of quaternary nitrogens is 1. The minimum Gasteiger partial charge on any atom is -0.481 e. The van der Waals surface area contributed by atoms with Gasteiger partial charge in [-0.2, -0.15) is 0 Å². The largest absolute Gasteiger partial charge is 0.481 e. The summed E-state index contributed by atoms with van der Waals surface area (Å²) in [5.74, 6) is 0.318. The highest BCUT2D eigenvalue weighted by Gasteiger charge is 2.33. The Labute approximate surface area is 274 Å². The maximum absolute atomic E-state index is 14.3. The summed E-state index contributed by atoms with van der Waals surface area (Å²) in [6, 6.07) is 37.7. The molecular formula is C42H46NO3+. The van der Waals surface area contributed by atoms with Gasteiger partial charge in [-0.1, -0.05) is 94.4 Å². The molecule has 0 heterocycles. The van der Waals surface area contributed by atoms with Gasteiger partial charge in [-0.05, 0) is 71.4 Å². The molecular weight excluding hydrogens is 566 g/mol. The molecule has 0 aliphatic heterocycles. The average molecular weight is 613 g/mol. The van der Waals surface area contributed by atoms with Crippen molar-refractivity contribution < 1.29 is 14.7 Å². The molecule has 0 unspecified atom stereocenters. The van der Waals surface area contributed by atoms with Crippen LogP contribution in [0.15, 0.2) is 109 Å². The molecule has 4 nitrogen and oxygen atoms in total. The first-order valence-electron chi connectivity index (χ1n) is 16.5. The third kappa shape index (κ3) is 7.29. The van der Waals surface area contributed by atoms with Gasteiger partial charge in [-0.15, -0.1) is 0 Å². The van der Waals surface area contributed by atoms with Crippen LogP contribution in [0, 0.1) is 11.8 Å². The van der Waals surface area contributed by atoms with E-state index in [-0.39, 0.29) is 12.2 Å². The summed E-state index contributed by atoms with van der Waals surface area (Å²) in [6.07, 6.45) is 3.29. The van der Waals surface area contributed by atoms with E-state index in [1.54, 1.807) is 0 Å². The van der Waals surface area contributed by atoms with Crippen LogP contribution in [0.5, 0.6) is 0 Å². The van der Waals surface area contributed by atoms with Crippen molar-refractivity contribution in [3.05, 3.63) is 137 Å². The van der Waals surface area contributed by atoms with E-state index in [0.717, 1.165) is 46.6 Å². The van der Waals surface area contributed by atoms with Gasteiger partial charge in [-0.3, -0.25) is 9.59 Å². The Balaban J connectivity index is 1.57. The lowest BCUT2D eigenvalue weighted by atomic mass is 9.98. The van der Waals surface area contributed by atoms with Crippen molar-refractivity contribution in [3.63, 3.8) is 0 Å². The first kappa shape index (κ1) is 32.8. The highest BCUT2D eigenvalue weighted by atomic mass is 16.4. The van der Waals surface area contributed by atoms with Crippen LogP contribution >= 0.6 is 0 Å². The van der Waals surface area contributed by atoms with E-state index in [2.05, 4.69) is 89.3 Å². The lowest BCUT2D eigenvalue weighted by molar-refractivity contribution is -0.137. The molecule has 2 aliphatic rings. The molecule has 3 aromatic carbocycles. The molecule has 0 aromatic heterocycles. The van der Waals surface area contributed by atoms with Crippen molar-refractivity contribution in [1.82, 2.24) is 4.48 Å². The Kier molecular flexibility index (Phi) is 10.2. The molecule has 46 heavy (non-hydrogen) atoms. The molecule has 0 radical (unpaired) electrons. The van der Waals surface area contributed by atoms with Crippen LogP contribution in [0.25, 0.3) is 11.1 Å². The smallest absolute Gasteiger partial charge is 0.303 e. The summed E-state index contributed by atoms with van der Waals surface area (Å²) in [6.45, 7) is 8.96. The number of ketones is 1. The van der Waals surface area contributed by atoms with E-state index in [0.29, 0.717) is 40.3 Å². The lowest BCUT2D eigenvalue weighted by Crippen LogP contribution is -2.34. The molecule has 0 atom stereocenters. The molecule has 1 N–H and O–H groups in total. The first-order valence-corrected chi connectivity index (χ1v) is 16.5. The van der Waals surface area contributed by atoms with Crippen LogP contribution in [0.3, 0.4) is 0 Å². The van der Waals surface area contributed by atoms with Gasteiger partial charge in [0.1, 0.15) is 17.1 Å². The number of carbonyl (C=O) groups is 2. The van der Waals surface area contributed by atoms with Gasteiger partial charge in [0.25, 0.3) is 0 Å². The number of hydrogen-bond donors (Lipinski definition) is 1. The highest BCUT2D eigenvalue weighted by molar-refractivity contribution is 6.14. The predicted octanol–water partition coefficient (Wildman–Crippen LogP) is 10.4. The number of carboxylic acids is 1. The molecule has 0 saturated heterocycles. The van der Waals surface area contributed by atoms with Gasteiger partial charge in [0, 0.05) is 53.9 Å². The molecule has 0 bridgehead atoms. The Morgan fingerprint density at radius 2 is 1.22 bits per heavy atom. The Bertz CT molecular complexity index is 1710. The molecule has 5 rings (SSSR count). The van der Waals surface area contributed by atoms with Crippen LogP contribution in [0.2, 0.25) is 0 Å². The topological polar surface area (TPSA) is 54.4 Å². The zero-order valence-electron chi connectivity index (χ0n) is 27.8. The van der Waals surface area contributed by atoms with Gasteiger partial charge < -0.3 is 5.11 Å². The van der Waals surface area contributed by atoms with Crippen molar-refractivity contribution in [2.75, 3.05) is 7.05 Å². The van der Waals surface area contributed by atoms with Crippen LogP contribution in [-0.4, -0.2) is 23.9 Å². The average Bonchev–Trinajstić information content (AvgIpc) is 3.18. The van der Waals surface area contributed by atoms with E-state index in [1.807, 2.05) is 54.6 Å². The number of benzene rings is 3.